The summed E-state index contributed by atoms with van der Waals surface area (Å²) in [6.45, 7) is 4.66. The molecule has 2 amide bonds. The lowest BCUT2D eigenvalue weighted by molar-refractivity contribution is -0.113. The predicted molar refractivity (Wildman–Crippen MR) is 115 cm³/mol. The molecule has 0 aliphatic rings. The van der Waals surface area contributed by atoms with E-state index in [-0.39, 0.29) is 17.6 Å². The van der Waals surface area contributed by atoms with Crippen LogP contribution in [-0.4, -0.2) is 29.1 Å². The average molecular weight is 394 g/mol. The molecular weight excluding hydrogens is 370 g/mol. The molecule has 0 saturated heterocycles. The van der Waals surface area contributed by atoms with E-state index in [0.29, 0.717) is 23.7 Å². The number of benzene rings is 2. The number of rotatable bonds is 7. The van der Waals surface area contributed by atoms with Gasteiger partial charge in [0.05, 0.1) is 27.5 Å². The Morgan fingerprint density at radius 2 is 1.75 bits per heavy atom. The standard InChI is InChI=1S/C22H23N3O2S/c1-15(2)13-23-22(27)17-8-4-6-10-19(17)24-20(26)14-28-21-12-11-16-7-3-5-9-18(16)25-21/h3-12,15H,13-14H2,1-2H3,(H,23,27)(H,24,26). The van der Waals surface area contributed by atoms with Gasteiger partial charge in [-0.05, 0) is 30.2 Å². The van der Waals surface area contributed by atoms with Gasteiger partial charge in [0.15, 0.2) is 0 Å². The minimum absolute atomic E-state index is 0.177. The van der Waals surface area contributed by atoms with Gasteiger partial charge < -0.3 is 10.6 Å². The van der Waals surface area contributed by atoms with E-state index in [0.717, 1.165) is 15.9 Å². The molecule has 0 atom stereocenters. The number of nitrogens with one attached hydrogen (secondary N) is 2. The van der Waals surface area contributed by atoms with Gasteiger partial charge in [-0.25, -0.2) is 4.98 Å². The summed E-state index contributed by atoms with van der Waals surface area (Å²) in [5.74, 6) is 0.210. The first-order chi connectivity index (χ1) is 13.5. The zero-order chi connectivity index (χ0) is 19.9. The molecular formula is C22H23N3O2S. The summed E-state index contributed by atoms with van der Waals surface area (Å²) in [7, 11) is 0. The number of anilines is 1. The Balaban J connectivity index is 1.62. The van der Waals surface area contributed by atoms with Crippen LogP contribution in [0.4, 0.5) is 5.69 Å². The molecule has 144 valence electrons. The van der Waals surface area contributed by atoms with Crippen molar-refractivity contribution < 1.29 is 9.59 Å². The molecule has 6 heteroatoms. The summed E-state index contributed by atoms with van der Waals surface area (Å²) in [5, 5.41) is 7.58. The fourth-order valence-electron chi connectivity index (χ4n) is 2.64. The number of para-hydroxylation sites is 2. The van der Waals surface area contributed by atoms with E-state index in [4.69, 9.17) is 0 Å². The monoisotopic (exact) mass is 393 g/mol. The molecule has 1 heterocycles. The molecule has 0 unspecified atom stereocenters. The molecule has 5 nitrogen and oxygen atoms in total. The first-order valence-electron chi connectivity index (χ1n) is 9.18. The van der Waals surface area contributed by atoms with Crippen molar-refractivity contribution in [1.82, 2.24) is 10.3 Å². The highest BCUT2D eigenvalue weighted by Gasteiger charge is 2.13. The smallest absolute Gasteiger partial charge is 0.253 e. The predicted octanol–water partition coefficient (Wildman–Crippen LogP) is 4.35. The molecule has 3 rings (SSSR count). The van der Waals surface area contributed by atoms with Gasteiger partial charge in [0.25, 0.3) is 5.91 Å². The summed E-state index contributed by atoms with van der Waals surface area (Å²) in [5.41, 5.74) is 1.88. The molecule has 2 N–H and O–H groups in total. The van der Waals surface area contributed by atoms with Gasteiger partial charge in [0.2, 0.25) is 5.91 Å². The number of thioether (sulfide) groups is 1. The Morgan fingerprint density at radius 1 is 1.00 bits per heavy atom. The van der Waals surface area contributed by atoms with Crippen molar-refractivity contribution in [3.63, 3.8) is 0 Å². The normalized spacial score (nSPS) is 10.8. The van der Waals surface area contributed by atoms with Gasteiger partial charge in [-0.3, -0.25) is 9.59 Å². The maximum Gasteiger partial charge on any atom is 0.253 e. The lowest BCUT2D eigenvalue weighted by Crippen LogP contribution is -2.28. The molecule has 0 aliphatic heterocycles. The van der Waals surface area contributed by atoms with E-state index in [9.17, 15) is 9.59 Å². The van der Waals surface area contributed by atoms with Crippen molar-refractivity contribution in [1.29, 1.82) is 0 Å². The van der Waals surface area contributed by atoms with E-state index < -0.39 is 0 Å². The van der Waals surface area contributed by atoms with E-state index in [1.165, 1.54) is 11.8 Å². The second-order valence-electron chi connectivity index (χ2n) is 6.83. The highest BCUT2D eigenvalue weighted by molar-refractivity contribution is 7.99. The van der Waals surface area contributed by atoms with Crippen LogP contribution < -0.4 is 10.6 Å². The molecule has 0 saturated carbocycles. The maximum absolute atomic E-state index is 12.4. The summed E-state index contributed by atoms with van der Waals surface area (Å²) in [6, 6.07) is 18.8. The molecule has 0 radical (unpaired) electrons. The fraction of sp³-hybridized carbons (Fsp3) is 0.227. The Kier molecular flexibility index (Phi) is 6.66. The first-order valence-corrected chi connectivity index (χ1v) is 10.2. The highest BCUT2D eigenvalue weighted by atomic mass is 32.2. The van der Waals surface area contributed by atoms with Crippen LogP contribution in [-0.2, 0) is 4.79 Å². The zero-order valence-electron chi connectivity index (χ0n) is 15.9. The van der Waals surface area contributed by atoms with E-state index in [2.05, 4.69) is 15.6 Å². The van der Waals surface area contributed by atoms with Crippen molar-refractivity contribution in [3.05, 3.63) is 66.2 Å². The number of amides is 2. The third kappa shape index (κ3) is 5.33. The highest BCUT2D eigenvalue weighted by Crippen LogP contribution is 2.21. The average Bonchev–Trinajstić information content (AvgIpc) is 2.70. The van der Waals surface area contributed by atoms with Gasteiger partial charge in [-0.2, -0.15) is 0 Å². The molecule has 3 aromatic rings. The van der Waals surface area contributed by atoms with Gasteiger partial charge >= 0.3 is 0 Å². The number of carbonyl (C=O) groups excluding carboxylic acids is 2. The Bertz CT molecular complexity index is 988. The number of hydrogen-bond acceptors (Lipinski definition) is 4. The molecule has 1 aromatic heterocycles. The summed E-state index contributed by atoms with van der Waals surface area (Å²) >= 11 is 1.37. The maximum atomic E-state index is 12.4. The molecule has 0 aliphatic carbocycles. The summed E-state index contributed by atoms with van der Waals surface area (Å²) in [6.07, 6.45) is 0. The van der Waals surface area contributed by atoms with E-state index in [1.54, 1.807) is 24.3 Å². The van der Waals surface area contributed by atoms with Crippen LogP contribution in [0.25, 0.3) is 10.9 Å². The number of carbonyl (C=O) groups is 2. The van der Waals surface area contributed by atoms with Crippen molar-refractivity contribution in [2.45, 2.75) is 18.9 Å². The SMILES string of the molecule is CC(C)CNC(=O)c1ccccc1NC(=O)CSc1ccc2ccccc2n1. The largest absolute Gasteiger partial charge is 0.352 e. The van der Waals surface area contributed by atoms with Crippen LogP contribution in [0.5, 0.6) is 0 Å². The lowest BCUT2D eigenvalue weighted by Gasteiger charge is -2.12. The second kappa shape index (κ2) is 9.37. The zero-order valence-corrected chi connectivity index (χ0v) is 16.8. The number of fused-ring (bicyclic) bond motifs is 1. The van der Waals surface area contributed by atoms with Crippen LogP contribution in [0.15, 0.2) is 65.7 Å². The van der Waals surface area contributed by atoms with Crippen molar-refractivity contribution in [3.8, 4) is 0 Å². The molecule has 28 heavy (non-hydrogen) atoms. The van der Waals surface area contributed by atoms with Crippen molar-refractivity contribution in [2.24, 2.45) is 5.92 Å². The van der Waals surface area contributed by atoms with Crippen LogP contribution in [0.1, 0.15) is 24.2 Å². The van der Waals surface area contributed by atoms with Crippen molar-refractivity contribution in [2.75, 3.05) is 17.6 Å². The third-order valence-corrected chi connectivity index (χ3v) is 4.97. The van der Waals surface area contributed by atoms with Gasteiger partial charge in [0.1, 0.15) is 0 Å². The number of aromatic nitrogens is 1. The minimum atomic E-state index is -0.187. The third-order valence-electron chi connectivity index (χ3n) is 4.04. The Hall–Kier alpha value is -2.86. The first kappa shape index (κ1) is 19.9. The van der Waals surface area contributed by atoms with E-state index >= 15 is 0 Å². The quantitative estimate of drug-likeness (QED) is 0.586. The van der Waals surface area contributed by atoms with E-state index in [1.807, 2.05) is 50.2 Å². The summed E-state index contributed by atoms with van der Waals surface area (Å²) in [4.78, 5) is 29.3. The van der Waals surface area contributed by atoms with Gasteiger partial charge in [-0.1, -0.05) is 62.0 Å². The fourth-order valence-corrected chi connectivity index (χ4v) is 3.31. The molecule has 0 spiro atoms. The molecule has 2 aromatic carbocycles. The number of nitrogens with zero attached hydrogens (tertiary/aromatic N) is 1. The van der Waals surface area contributed by atoms with Crippen LogP contribution in [0, 0.1) is 5.92 Å². The van der Waals surface area contributed by atoms with Crippen LogP contribution in [0.2, 0.25) is 0 Å². The second-order valence-corrected chi connectivity index (χ2v) is 7.82. The van der Waals surface area contributed by atoms with Crippen LogP contribution >= 0.6 is 11.8 Å². The minimum Gasteiger partial charge on any atom is -0.352 e. The molecule has 0 bridgehead atoms. The summed E-state index contributed by atoms with van der Waals surface area (Å²) < 4.78 is 0. The van der Waals surface area contributed by atoms with Gasteiger partial charge in [-0.15, -0.1) is 0 Å². The van der Waals surface area contributed by atoms with Crippen molar-refractivity contribution >= 4 is 40.2 Å². The molecule has 0 fully saturated rings. The Morgan fingerprint density at radius 3 is 2.57 bits per heavy atom. The lowest BCUT2D eigenvalue weighted by atomic mass is 10.1. The number of pyridine rings is 1. The Labute approximate surface area is 168 Å². The number of hydrogen-bond donors (Lipinski definition) is 2. The topological polar surface area (TPSA) is 71.1 Å². The van der Waals surface area contributed by atoms with Crippen LogP contribution in [0.3, 0.4) is 0 Å². The van der Waals surface area contributed by atoms with Gasteiger partial charge in [0, 0.05) is 11.9 Å².